The standard InChI is InChI=1S/C36H64O8SSi2/c1-24(2)47(25(3)4,26(5)6)40-22-28-30-31(43-36(13,14)42-30)32(33(41-28)45(37,38)27-20-18-17-19-21-27)39-23-29(34(7,8)9)44-46(15,16)35(10,11)12/h17-21,23-26,28,30-33H,22H2,1-16H3/b29-23-/t28-,30+,31+,32-,33-/m1/s1. The summed E-state index contributed by atoms with van der Waals surface area (Å²) in [5.74, 6) is -0.331. The number of fused-ring (bicyclic) bond motifs is 1. The monoisotopic (exact) mass is 712 g/mol. The normalized spacial score (nSPS) is 26.2. The molecule has 0 spiro atoms. The van der Waals surface area contributed by atoms with Crippen molar-refractivity contribution in [3.63, 3.8) is 0 Å². The van der Waals surface area contributed by atoms with Gasteiger partial charge in [0, 0.05) is 5.41 Å². The van der Waals surface area contributed by atoms with Crippen LogP contribution in [0.4, 0.5) is 0 Å². The van der Waals surface area contributed by atoms with Crippen LogP contribution in [0.25, 0.3) is 0 Å². The molecule has 2 saturated heterocycles. The Morgan fingerprint density at radius 3 is 1.87 bits per heavy atom. The Morgan fingerprint density at radius 1 is 0.894 bits per heavy atom. The first-order valence-electron chi connectivity index (χ1n) is 17.3. The summed E-state index contributed by atoms with van der Waals surface area (Å²) in [6.07, 6.45) is -1.48. The minimum absolute atomic E-state index is 0.0459. The van der Waals surface area contributed by atoms with Crippen LogP contribution < -0.4 is 0 Å². The van der Waals surface area contributed by atoms with Crippen molar-refractivity contribution < 1.29 is 36.2 Å². The second-order valence-electron chi connectivity index (χ2n) is 17.3. The highest BCUT2D eigenvalue weighted by molar-refractivity contribution is 7.92. The van der Waals surface area contributed by atoms with Gasteiger partial charge in [-0.05, 0) is 60.7 Å². The van der Waals surface area contributed by atoms with E-state index in [4.69, 9.17) is 27.8 Å². The topological polar surface area (TPSA) is 89.5 Å². The van der Waals surface area contributed by atoms with Crippen molar-refractivity contribution in [3.8, 4) is 0 Å². The van der Waals surface area contributed by atoms with E-state index in [2.05, 4.69) is 96.2 Å². The highest BCUT2D eigenvalue weighted by atomic mass is 32.2. The molecule has 2 aliphatic heterocycles. The Hall–Kier alpha value is -1.22. The van der Waals surface area contributed by atoms with E-state index in [1.54, 1.807) is 36.6 Å². The van der Waals surface area contributed by atoms with Gasteiger partial charge in [-0.25, -0.2) is 8.42 Å². The van der Waals surface area contributed by atoms with Gasteiger partial charge < -0.3 is 27.8 Å². The predicted octanol–water partition coefficient (Wildman–Crippen LogP) is 9.19. The summed E-state index contributed by atoms with van der Waals surface area (Å²) in [4.78, 5) is 0.155. The fourth-order valence-electron chi connectivity index (χ4n) is 6.76. The second-order valence-corrected chi connectivity index (χ2v) is 29.5. The second kappa shape index (κ2) is 14.2. The first-order chi connectivity index (χ1) is 21.3. The first kappa shape index (κ1) is 40.2. The summed E-state index contributed by atoms with van der Waals surface area (Å²) in [6, 6.07) is 8.41. The van der Waals surface area contributed by atoms with Crippen LogP contribution in [-0.4, -0.2) is 67.3 Å². The van der Waals surface area contributed by atoms with Crippen LogP contribution >= 0.6 is 0 Å². The molecule has 1 aromatic rings. The van der Waals surface area contributed by atoms with Crippen LogP contribution in [0.1, 0.15) is 96.9 Å². The van der Waals surface area contributed by atoms with E-state index in [1.165, 1.54) is 0 Å². The maximum absolute atomic E-state index is 14.4. The molecule has 47 heavy (non-hydrogen) atoms. The van der Waals surface area contributed by atoms with Crippen molar-refractivity contribution >= 4 is 26.5 Å². The molecule has 0 radical (unpaired) electrons. The van der Waals surface area contributed by atoms with E-state index >= 15 is 0 Å². The van der Waals surface area contributed by atoms with E-state index in [1.807, 2.05) is 13.8 Å². The molecule has 0 aromatic heterocycles. The fourth-order valence-corrected chi connectivity index (χ4v) is 15.1. The minimum atomic E-state index is -4.05. The maximum atomic E-state index is 14.4. The van der Waals surface area contributed by atoms with Crippen LogP contribution in [0.2, 0.25) is 34.8 Å². The lowest BCUT2D eigenvalue weighted by atomic mass is 9.95. The van der Waals surface area contributed by atoms with Gasteiger partial charge in [-0.15, -0.1) is 0 Å². The van der Waals surface area contributed by atoms with Crippen molar-refractivity contribution in [1.29, 1.82) is 0 Å². The lowest BCUT2D eigenvalue weighted by Gasteiger charge is -2.46. The molecule has 5 atom stereocenters. The highest BCUT2D eigenvalue weighted by Gasteiger charge is 2.60. The largest absolute Gasteiger partial charge is 0.544 e. The lowest BCUT2D eigenvalue weighted by Crippen LogP contribution is -2.61. The Morgan fingerprint density at radius 2 is 1.40 bits per heavy atom. The fraction of sp³-hybridized carbons (Fsp3) is 0.778. The van der Waals surface area contributed by atoms with E-state index in [0.717, 1.165) is 0 Å². The quantitative estimate of drug-likeness (QED) is 0.157. The van der Waals surface area contributed by atoms with Gasteiger partial charge in [0.25, 0.3) is 0 Å². The summed E-state index contributed by atoms with van der Waals surface area (Å²) in [5.41, 5.74) is -0.738. The number of allylic oxidation sites excluding steroid dienone is 1. The summed E-state index contributed by atoms with van der Waals surface area (Å²) in [5, 5.41) is -0.0459. The summed E-state index contributed by atoms with van der Waals surface area (Å²) >= 11 is 0. The smallest absolute Gasteiger partial charge is 0.250 e. The lowest BCUT2D eigenvalue weighted by molar-refractivity contribution is -0.171. The van der Waals surface area contributed by atoms with Gasteiger partial charge in [0.1, 0.15) is 30.3 Å². The summed E-state index contributed by atoms with van der Waals surface area (Å²) in [7, 11) is -8.62. The molecular formula is C36H64O8SSi2. The molecule has 11 heteroatoms. The Bertz CT molecular complexity index is 1300. The Balaban J connectivity index is 2.14. The van der Waals surface area contributed by atoms with Gasteiger partial charge in [-0.2, -0.15) is 0 Å². The number of hydrogen-bond acceptors (Lipinski definition) is 8. The number of benzene rings is 1. The van der Waals surface area contributed by atoms with Crippen molar-refractivity contribution in [3.05, 3.63) is 42.4 Å². The van der Waals surface area contributed by atoms with E-state index in [-0.39, 0.29) is 16.5 Å². The molecule has 2 fully saturated rings. The summed E-state index contributed by atoms with van der Waals surface area (Å²) in [6.45, 7) is 34.4. The van der Waals surface area contributed by atoms with Gasteiger partial charge in [-0.1, -0.05) is 101 Å². The molecule has 8 nitrogen and oxygen atoms in total. The van der Waals surface area contributed by atoms with Gasteiger partial charge in [0.05, 0.1) is 11.5 Å². The molecule has 3 rings (SSSR count). The third-order valence-corrected chi connectivity index (χ3v) is 22.6. The first-order valence-corrected chi connectivity index (χ1v) is 23.9. The van der Waals surface area contributed by atoms with E-state index in [9.17, 15) is 8.42 Å². The average Bonchev–Trinajstić information content (AvgIpc) is 3.25. The van der Waals surface area contributed by atoms with Gasteiger partial charge in [0.15, 0.2) is 20.2 Å². The van der Waals surface area contributed by atoms with Crippen molar-refractivity contribution in [1.82, 2.24) is 0 Å². The third-order valence-electron chi connectivity index (χ3n) is 10.3. The van der Waals surface area contributed by atoms with Crippen molar-refractivity contribution in [2.75, 3.05) is 6.61 Å². The predicted molar refractivity (Wildman–Crippen MR) is 194 cm³/mol. The van der Waals surface area contributed by atoms with Crippen LogP contribution in [0.5, 0.6) is 0 Å². The van der Waals surface area contributed by atoms with Crippen molar-refractivity contribution in [2.24, 2.45) is 5.41 Å². The molecule has 270 valence electrons. The van der Waals surface area contributed by atoms with Crippen LogP contribution in [0.15, 0.2) is 47.2 Å². The minimum Gasteiger partial charge on any atom is -0.544 e. The van der Waals surface area contributed by atoms with Gasteiger partial charge >= 0.3 is 0 Å². The van der Waals surface area contributed by atoms with E-state index < -0.39 is 67.5 Å². The third kappa shape index (κ3) is 8.57. The number of hydrogen-bond donors (Lipinski definition) is 0. The molecule has 0 N–H and O–H groups in total. The molecule has 0 amide bonds. The number of sulfone groups is 1. The molecule has 2 heterocycles. The Kier molecular flexibility index (Phi) is 12.1. The maximum Gasteiger partial charge on any atom is 0.250 e. The van der Waals surface area contributed by atoms with Gasteiger partial charge in [-0.3, -0.25) is 0 Å². The molecule has 1 aromatic carbocycles. The molecule has 0 aliphatic carbocycles. The van der Waals surface area contributed by atoms with Crippen LogP contribution in [-0.2, 0) is 37.6 Å². The number of rotatable bonds is 12. The van der Waals surface area contributed by atoms with Crippen LogP contribution in [0, 0.1) is 5.41 Å². The molecule has 0 unspecified atom stereocenters. The molecule has 2 aliphatic rings. The Labute approximate surface area is 288 Å². The molecule has 0 saturated carbocycles. The molecular weight excluding hydrogens is 649 g/mol. The average molecular weight is 713 g/mol. The number of ether oxygens (including phenoxy) is 4. The van der Waals surface area contributed by atoms with Gasteiger partial charge in [0.2, 0.25) is 23.6 Å². The zero-order valence-corrected chi connectivity index (χ0v) is 34.8. The van der Waals surface area contributed by atoms with Crippen molar-refractivity contribution in [2.45, 2.75) is 172 Å². The zero-order valence-electron chi connectivity index (χ0n) is 32.0. The van der Waals surface area contributed by atoms with E-state index in [0.29, 0.717) is 22.4 Å². The SMILES string of the molecule is CC(C)[Si](OC[C@H]1O[C@H](S(=O)(=O)c2ccccc2)[C@H](O/C=C(\O[Si](C)(C)C(C)(C)C)C(C)(C)C)[C@H]2OC(C)(C)O[C@H]21)(C(C)C)C(C)C. The highest BCUT2D eigenvalue weighted by Crippen LogP contribution is 2.46. The summed E-state index contributed by atoms with van der Waals surface area (Å²) < 4.78 is 68.8. The molecule has 0 bridgehead atoms. The van der Waals surface area contributed by atoms with Crippen LogP contribution in [0.3, 0.4) is 0 Å². The zero-order chi connectivity index (χ0) is 36.0.